The summed E-state index contributed by atoms with van der Waals surface area (Å²) in [5.41, 5.74) is 12.1. The fourth-order valence-corrected chi connectivity index (χ4v) is 3.03. The molecule has 0 spiro atoms. The Bertz CT molecular complexity index is 843. The summed E-state index contributed by atoms with van der Waals surface area (Å²) >= 11 is 0. The highest BCUT2D eigenvalue weighted by molar-refractivity contribution is 6.01. The number of anilines is 1. The van der Waals surface area contributed by atoms with Crippen LogP contribution in [0.15, 0.2) is 47.6 Å². The van der Waals surface area contributed by atoms with Crippen molar-refractivity contribution < 1.29 is 14.3 Å². The number of nitrogens with zero attached hydrogens (tertiary/aromatic N) is 2. The van der Waals surface area contributed by atoms with Gasteiger partial charge in [-0.3, -0.25) is 9.69 Å². The van der Waals surface area contributed by atoms with Crippen LogP contribution < -0.4 is 15.9 Å². The topological polar surface area (TPSA) is 89.2 Å². The first kappa shape index (κ1) is 19.9. The number of hydrogen-bond acceptors (Lipinski definition) is 6. The Morgan fingerprint density at radius 3 is 2.54 bits per heavy atom. The van der Waals surface area contributed by atoms with Crippen molar-refractivity contribution in [3.05, 3.63) is 59.2 Å². The fourth-order valence-electron chi connectivity index (χ4n) is 3.03. The summed E-state index contributed by atoms with van der Waals surface area (Å²) in [6, 6.07) is 12.6. The van der Waals surface area contributed by atoms with Gasteiger partial charge in [0.2, 0.25) is 0 Å². The van der Waals surface area contributed by atoms with Crippen LogP contribution in [0, 0.1) is 0 Å². The first-order valence-corrected chi connectivity index (χ1v) is 9.24. The quantitative estimate of drug-likeness (QED) is 0.454. The van der Waals surface area contributed by atoms with Crippen LogP contribution in [0.3, 0.4) is 0 Å². The molecule has 28 heavy (non-hydrogen) atoms. The second-order valence-electron chi connectivity index (χ2n) is 6.68. The number of carbonyl (C=O) groups excluding carboxylic acids is 1. The van der Waals surface area contributed by atoms with Gasteiger partial charge in [-0.25, -0.2) is 5.43 Å². The van der Waals surface area contributed by atoms with Gasteiger partial charge >= 0.3 is 0 Å². The van der Waals surface area contributed by atoms with Crippen molar-refractivity contribution >= 4 is 17.3 Å². The lowest BCUT2D eigenvalue weighted by Crippen LogP contribution is -2.35. The molecule has 7 nitrogen and oxygen atoms in total. The summed E-state index contributed by atoms with van der Waals surface area (Å²) in [5.74, 6) is 0.565. The van der Waals surface area contributed by atoms with Gasteiger partial charge in [0.1, 0.15) is 5.75 Å². The monoisotopic (exact) mass is 382 g/mol. The van der Waals surface area contributed by atoms with Crippen LogP contribution in [0.25, 0.3) is 0 Å². The van der Waals surface area contributed by atoms with Crippen molar-refractivity contribution in [1.29, 1.82) is 0 Å². The molecule has 0 bridgehead atoms. The van der Waals surface area contributed by atoms with E-state index in [1.165, 1.54) is 0 Å². The minimum Gasteiger partial charge on any atom is -0.496 e. The molecule has 3 N–H and O–H groups in total. The molecule has 2 aromatic carbocycles. The molecule has 2 aromatic rings. The predicted molar refractivity (Wildman–Crippen MR) is 110 cm³/mol. The molecule has 1 fully saturated rings. The van der Waals surface area contributed by atoms with Gasteiger partial charge in [0, 0.05) is 36.4 Å². The fraction of sp³-hybridized carbons (Fsp3) is 0.333. The van der Waals surface area contributed by atoms with E-state index >= 15 is 0 Å². The van der Waals surface area contributed by atoms with Crippen LogP contribution in [0.2, 0.25) is 0 Å². The third kappa shape index (κ3) is 5.09. The van der Waals surface area contributed by atoms with Gasteiger partial charge in [-0.05, 0) is 55.0 Å². The number of morpholine rings is 1. The third-order valence-corrected chi connectivity index (χ3v) is 4.69. The Morgan fingerprint density at radius 1 is 1.18 bits per heavy atom. The van der Waals surface area contributed by atoms with Gasteiger partial charge in [-0.15, -0.1) is 0 Å². The summed E-state index contributed by atoms with van der Waals surface area (Å²) < 4.78 is 10.9. The van der Waals surface area contributed by atoms with E-state index < -0.39 is 0 Å². The first-order chi connectivity index (χ1) is 13.6. The summed E-state index contributed by atoms with van der Waals surface area (Å²) in [6.45, 7) is 5.95. The average Bonchev–Trinajstić information content (AvgIpc) is 2.73. The lowest BCUT2D eigenvalue weighted by atomic mass is 10.1. The normalized spacial score (nSPS) is 15.3. The van der Waals surface area contributed by atoms with E-state index in [9.17, 15) is 4.79 Å². The zero-order valence-electron chi connectivity index (χ0n) is 16.3. The third-order valence-electron chi connectivity index (χ3n) is 4.69. The smallest absolute Gasteiger partial charge is 0.271 e. The molecule has 1 aliphatic heterocycles. The first-order valence-electron chi connectivity index (χ1n) is 9.24. The van der Waals surface area contributed by atoms with Crippen LogP contribution in [-0.4, -0.2) is 49.9 Å². The van der Waals surface area contributed by atoms with E-state index in [0.29, 0.717) is 11.3 Å². The highest BCUT2D eigenvalue weighted by Crippen LogP contribution is 2.22. The zero-order valence-corrected chi connectivity index (χ0v) is 16.3. The number of carbonyl (C=O) groups is 1. The van der Waals surface area contributed by atoms with Gasteiger partial charge in [-0.2, -0.15) is 5.10 Å². The molecule has 0 saturated carbocycles. The second kappa shape index (κ2) is 9.34. The minimum absolute atomic E-state index is 0.276. The lowest BCUT2D eigenvalue weighted by Gasteiger charge is -2.27. The molecule has 0 aliphatic carbocycles. The van der Waals surface area contributed by atoms with Crippen molar-refractivity contribution in [3.8, 4) is 5.75 Å². The summed E-state index contributed by atoms with van der Waals surface area (Å²) in [5, 5.41) is 4.25. The van der Waals surface area contributed by atoms with E-state index in [-0.39, 0.29) is 5.91 Å². The molecule has 0 radical (unpaired) electrons. The van der Waals surface area contributed by atoms with Gasteiger partial charge < -0.3 is 15.2 Å². The molecule has 0 atom stereocenters. The maximum absolute atomic E-state index is 12.2. The predicted octanol–water partition coefficient (Wildman–Crippen LogP) is 2.26. The van der Waals surface area contributed by atoms with Gasteiger partial charge in [0.25, 0.3) is 5.91 Å². The largest absolute Gasteiger partial charge is 0.496 e. The van der Waals surface area contributed by atoms with E-state index in [4.69, 9.17) is 15.2 Å². The molecule has 1 saturated heterocycles. The molecule has 0 unspecified atom stereocenters. The molecule has 3 rings (SSSR count). The Balaban J connectivity index is 1.72. The van der Waals surface area contributed by atoms with Crippen molar-refractivity contribution in [2.45, 2.75) is 13.5 Å². The maximum atomic E-state index is 12.2. The molecule has 0 aromatic heterocycles. The number of hydrazone groups is 1. The van der Waals surface area contributed by atoms with Crippen molar-refractivity contribution in [2.75, 3.05) is 39.1 Å². The van der Waals surface area contributed by atoms with E-state index in [1.807, 2.05) is 19.1 Å². The SMILES string of the molecule is COc1ccc(/C(C)=N\NC(=O)c2ccc(N)cc2)cc1CN1CCOCC1. The Morgan fingerprint density at radius 2 is 1.86 bits per heavy atom. The van der Waals surface area contributed by atoms with E-state index in [0.717, 1.165) is 55.4 Å². The zero-order chi connectivity index (χ0) is 19.9. The molecule has 148 valence electrons. The summed E-state index contributed by atoms with van der Waals surface area (Å²) in [6.07, 6.45) is 0. The Labute approximate surface area is 165 Å². The van der Waals surface area contributed by atoms with Gasteiger partial charge in [0.15, 0.2) is 0 Å². The molecule has 1 aliphatic rings. The molecule has 1 amide bonds. The van der Waals surface area contributed by atoms with E-state index in [2.05, 4.69) is 21.5 Å². The Hall–Kier alpha value is -2.90. The van der Waals surface area contributed by atoms with Crippen LogP contribution in [0.1, 0.15) is 28.4 Å². The van der Waals surface area contributed by atoms with Crippen LogP contribution >= 0.6 is 0 Å². The van der Waals surface area contributed by atoms with E-state index in [1.54, 1.807) is 31.4 Å². The number of ether oxygens (including phenoxy) is 2. The van der Waals surface area contributed by atoms with Gasteiger partial charge in [-0.1, -0.05) is 0 Å². The number of amides is 1. The number of rotatable bonds is 6. The number of nitrogens with two attached hydrogens (primary N) is 1. The number of nitrogen functional groups attached to an aromatic ring is 1. The number of nitrogens with one attached hydrogen (secondary N) is 1. The standard InChI is InChI=1S/C21H26N4O3/c1-15(23-24-21(26)16-3-6-19(22)7-4-16)17-5-8-20(27-2)18(13-17)14-25-9-11-28-12-10-25/h3-8,13H,9-12,14,22H2,1-2H3,(H,24,26)/b23-15-. The van der Waals surface area contributed by atoms with Crippen molar-refractivity contribution in [3.63, 3.8) is 0 Å². The highest BCUT2D eigenvalue weighted by atomic mass is 16.5. The number of benzene rings is 2. The average molecular weight is 382 g/mol. The number of hydrogen-bond donors (Lipinski definition) is 2. The summed E-state index contributed by atoms with van der Waals surface area (Å²) in [7, 11) is 1.67. The Kier molecular flexibility index (Phi) is 6.62. The van der Waals surface area contributed by atoms with Crippen LogP contribution in [0.4, 0.5) is 5.69 Å². The maximum Gasteiger partial charge on any atom is 0.271 e. The lowest BCUT2D eigenvalue weighted by molar-refractivity contribution is 0.0339. The number of methoxy groups -OCH3 is 1. The molecular weight excluding hydrogens is 356 g/mol. The van der Waals surface area contributed by atoms with Crippen molar-refractivity contribution in [2.24, 2.45) is 5.10 Å². The minimum atomic E-state index is -0.276. The molecule has 1 heterocycles. The van der Waals surface area contributed by atoms with Gasteiger partial charge in [0.05, 0.1) is 26.0 Å². The van der Waals surface area contributed by atoms with Crippen molar-refractivity contribution in [1.82, 2.24) is 10.3 Å². The van der Waals surface area contributed by atoms with Crippen LogP contribution in [-0.2, 0) is 11.3 Å². The second-order valence-corrected chi connectivity index (χ2v) is 6.68. The molecular formula is C21H26N4O3. The van der Waals surface area contributed by atoms with Crippen LogP contribution in [0.5, 0.6) is 5.75 Å². The molecule has 7 heteroatoms. The summed E-state index contributed by atoms with van der Waals surface area (Å²) in [4.78, 5) is 14.6. The highest BCUT2D eigenvalue weighted by Gasteiger charge is 2.14.